The lowest BCUT2D eigenvalue weighted by atomic mass is 9.47. The first-order valence-electron chi connectivity index (χ1n) is 24.2. The predicted octanol–water partition coefficient (Wildman–Crippen LogP) is 5.35. The summed E-state index contributed by atoms with van der Waals surface area (Å²) >= 11 is 2.25. The zero-order chi connectivity index (χ0) is 50.4. The smallest absolute Gasteiger partial charge is 0.344 e. The second-order valence-corrected chi connectivity index (χ2v) is 21.4. The number of methoxy groups -OCH3 is 4. The molecule has 16 nitrogen and oxygen atoms in total. The van der Waals surface area contributed by atoms with E-state index in [1.165, 1.54) is 28.3 Å². The number of H-pyrrole nitrogens is 1. The minimum atomic E-state index is -2.38. The van der Waals surface area contributed by atoms with Gasteiger partial charge in [-0.15, -0.1) is 0 Å². The van der Waals surface area contributed by atoms with Gasteiger partial charge in [-0.2, -0.15) is 0 Å². The number of aromatic nitrogens is 1. The third kappa shape index (κ3) is 6.97. The summed E-state index contributed by atoms with van der Waals surface area (Å²) in [6, 6.07) is 8.17. The second-order valence-electron chi connectivity index (χ2n) is 20.2. The monoisotopic (exact) mass is 1070 g/mol. The van der Waals surface area contributed by atoms with E-state index in [-0.39, 0.29) is 36.7 Å². The normalized spacial score (nSPS) is 31.0. The number of nitrogens with one attached hydrogen (secondary N) is 2. The summed E-state index contributed by atoms with van der Waals surface area (Å²) in [6.07, 6.45) is 6.49. The van der Waals surface area contributed by atoms with Gasteiger partial charge in [0.1, 0.15) is 16.9 Å². The molecule has 1 saturated heterocycles. The maximum atomic E-state index is 15.8. The van der Waals surface area contributed by atoms with E-state index in [1.54, 1.807) is 7.11 Å². The van der Waals surface area contributed by atoms with E-state index in [2.05, 4.69) is 43.9 Å². The zero-order valence-corrected chi connectivity index (χ0v) is 43.8. The molecule has 3 N–H and O–H groups in total. The van der Waals surface area contributed by atoms with E-state index < -0.39 is 75.7 Å². The summed E-state index contributed by atoms with van der Waals surface area (Å²) < 4.78 is 30.6. The number of halogens is 1. The van der Waals surface area contributed by atoms with Crippen molar-refractivity contribution in [3.63, 3.8) is 0 Å². The molecule has 1 aromatic heterocycles. The number of hydrogen-bond acceptors (Lipinski definition) is 14. The van der Waals surface area contributed by atoms with Crippen LogP contribution in [-0.4, -0.2) is 141 Å². The summed E-state index contributed by atoms with van der Waals surface area (Å²) in [5.74, 6) is -3.29. The van der Waals surface area contributed by atoms with E-state index >= 15 is 4.79 Å². The van der Waals surface area contributed by atoms with Crippen LogP contribution in [0.5, 0.6) is 5.75 Å². The largest absolute Gasteiger partial charge is 0.496 e. The Balaban J connectivity index is 1.41. The quantitative estimate of drug-likeness (QED) is 0.102. The van der Waals surface area contributed by atoms with Crippen molar-refractivity contribution in [2.45, 2.75) is 107 Å². The lowest BCUT2D eigenvalue weighted by Gasteiger charge is -2.63. The molecule has 1 spiro atoms. The van der Waals surface area contributed by atoms with Gasteiger partial charge in [-0.25, -0.2) is 9.59 Å². The van der Waals surface area contributed by atoms with E-state index in [9.17, 15) is 24.3 Å². The van der Waals surface area contributed by atoms with Crippen molar-refractivity contribution < 1.29 is 52.8 Å². The first-order chi connectivity index (χ1) is 33.4. The number of rotatable bonds is 10. The number of anilines is 1. The van der Waals surface area contributed by atoms with Crippen molar-refractivity contribution in [1.82, 2.24) is 20.1 Å². The van der Waals surface area contributed by atoms with Crippen LogP contribution < -0.4 is 15.0 Å². The van der Waals surface area contributed by atoms with Crippen LogP contribution in [0, 0.1) is 14.9 Å². The Morgan fingerprint density at radius 1 is 0.986 bits per heavy atom. The Labute approximate surface area is 422 Å². The maximum Gasteiger partial charge on any atom is 0.344 e. The highest BCUT2D eigenvalue weighted by molar-refractivity contribution is 14.1. The number of likely N-dealkylation sites (N-methyl/N-ethyl adjacent to an activating group) is 1. The molecule has 1 saturated carbocycles. The second kappa shape index (κ2) is 18.0. The molecule has 3 aromatic rings. The summed E-state index contributed by atoms with van der Waals surface area (Å²) in [6.45, 7) is 10.9. The molecule has 1 aliphatic carbocycles. The number of aliphatic hydroxyl groups is 1. The molecule has 70 heavy (non-hydrogen) atoms. The molecule has 17 heteroatoms. The van der Waals surface area contributed by atoms with Crippen molar-refractivity contribution in [2.24, 2.45) is 11.3 Å². The summed E-state index contributed by atoms with van der Waals surface area (Å²) in [5.41, 5.74) is -1.09. The van der Waals surface area contributed by atoms with Gasteiger partial charge in [-0.3, -0.25) is 19.3 Å². The first-order valence-corrected chi connectivity index (χ1v) is 25.3. The average molecular weight is 1070 g/mol. The number of nitrogens with zero attached hydrogens (tertiary/aromatic N) is 3. The van der Waals surface area contributed by atoms with E-state index in [0.717, 1.165) is 20.1 Å². The van der Waals surface area contributed by atoms with E-state index in [4.69, 9.17) is 23.7 Å². The molecule has 1 unspecified atom stereocenters. The maximum absolute atomic E-state index is 15.8. The standard InChI is InChI=1S/C53H64IN5O11/c1-11-30-20-31-25-52(48(63)68-9,42-34(33-21-32(54)14-15-38(33)56-42)22-35(44(62)67-8)41(59(26-30)27-31)43(61)55-28(3)4)37-23-36-39(24-40(37)66-7)57(6)46-51(36)17-19-58-18-13-16-50(12-2,45(51)58)47(70-29(5)60)53(46,65)49(64)69-10/h13-16,20-21,23-24,28,31,45-47,56,65H,11-12,17-19,22,25-27H2,1-10H3,(H,55,61)/b41-35+/t31?,45-,46+,47+,50+,51+,52-,53-/m0/s1. The lowest BCUT2D eigenvalue weighted by molar-refractivity contribution is -0.228. The highest BCUT2D eigenvalue weighted by atomic mass is 127. The number of benzene rings is 2. The number of ether oxygens (including phenoxy) is 5. The molecule has 2 fully saturated rings. The van der Waals surface area contributed by atoms with Crippen LogP contribution in [0.15, 0.2) is 65.4 Å². The lowest BCUT2D eigenvalue weighted by Crippen LogP contribution is -2.81. The van der Waals surface area contributed by atoms with Crippen molar-refractivity contribution >= 4 is 69.0 Å². The van der Waals surface area contributed by atoms with Gasteiger partial charge < -0.3 is 48.9 Å². The van der Waals surface area contributed by atoms with Crippen LogP contribution in [-0.2, 0) is 60.2 Å². The van der Waals surface area contributed by atoms with Gasteiger partial charge in [-0.05, 0) is 110 Å². The molecular formula is C53H64IN5O11. The highest BCUT2D eigenvalue weighted by Crippen LogP contribution is 2.68. The number of fused-ring (bicyclic) bond motifs is 6. The molecule has 0 radical (unpaired) electrons. The van der Waals surface area contributed by atoms with Crippen molar-refractivity contribution in [3.05, 3.63) is 91.4 Å². The van der Waals surface area contributed by atoms with Gasteiger partial charge >= 0.3 is 23.9 Å². The fraction of sp³-hybridized carbons (Fsp3) is 0.528. The molecule has 5 aliphatic heterocycles. The van der Waals surface area contributed by atoms with Crippen LogP contribution in [0.1, 0.15) is 82.7 Å². The Morgan fingerprint density at radius 3 is 2.37 bits per heavy atom. The molecule has 2 aromatic carbocycles. The number of hydrogen-bond donors (Lipinski definition) is 3. The molecule has 374 valence electrons. The van der Waals surface area contributed by atoms with Gasteiger partial charge in [0.05, 0.1) is 40.1 Å². The Bertz CT molecular complexity index is 2800. The Hall–Kier alpha value is -5.40. The SMILES string of the molecule is CCC1=CC2CN(C1)/C(C(=O)NC(C)C)=C(/C(=O)OC)Cc1c([nH]c3ccc(I)cc13)[C@@](C(=O)OC)(c1cc3c(cc1OC)N(C)[C@H]1[C@@](O)(C(=O)OC)[C@H](OC(C)=O)[C@]4(CC)C=CCN5CC[C@]31[C@@H]54)C2. The van der Waals surface area contributed by atoms with Gasteiger partial charge in [0, 0.05) is 100 Å². The zero-order valence-electron chi connectivity index (χ0n) is 41.6. The Kier molecular flexibility index (Phi) is 12.8. The van der Waals surface area contributed by atoms with Crippen LogP contribution in [0.4, 0.5) is 5.69 Å². The minimum Gasteiger partial charge on any atom is -0.496 e. The van der Waals surface area contributed by atoms with E-state index in [1.807, 2.05) is 87.0 Å². The Morgan fingerprint density at radius 2 is 1.73 bits per heavy atom. The molecule has 1 amide bonds. The minimum absolute atomic E-state index is 0.0951. The predicted molar refractivity (Wildman–Crippen MR) is 269 cm³/mol. The van der Waals surface area contributed by atoms with Crippen molar-refractivity contribution in [2.75, 3.05) is 66.6 Å². The summed E-state index contributed by atoms with van der Waals surface area (Å²) in [7, 11) is 7.28. The first kappa shape index (κ1) is 49.6. The topological polar surface area (TPSA) is 189 Å². The van der Waals surface area contributed by atoms with Gasteiger partial charge in [-0.1, -0.05) is 37.6 Å². The van der Waals surface area contributed by atoms with Gasteiger partial charge in [0.25, 0.3) is 5.91 Å². The molecule has 2 bridgehead atoms. The third-order valence-corrected chi connectivity index (χ3v) is 17.1. The van der Waals surface area contributed by atoms with Gasteiger partial charge in [0.15, 0.2) is 6.10 Å². The summed E-state index contributed by atoms with van der Waals surface area (Å²) in [4.78, 5) is 82.5. The number of carbonyl (C=O) groups is 5. The van der Waals surface area contributed by atoms with Crippen molar-refractivity contribution in [3.8, 4) is 5.75 Å². The molecule has 9 rings (SSSR count). The van der Waals surface area contributed by atoms with Gasteiger partial charge in [0.2, 0.25) is 5.60 Å². The molecule has 8 atom stereocenters. The highest BCUT2D eigenvalue weighted by Gasteiger charge is 2.80. The molecule has 6 heterocycles. The van der Waals surface area contributed by atoms with Crippen molar-refractivity contribution in [1.29, 1.82) is 0 Å². The molecular weight excluding hydrogens is 1010 g/mol. The van der Waals surface area contributed by atoms with E-state index in [0.29, 0.717) is 72.7 Å². The fourth-order valence-electron chi connectivity index (χ4n) is 14.0. The third-order valence-electron chi connectivity index (χ3n) is 16.4. The van der Waals surface area contributed by atoms with Crippen LogP contribution >= 0.6 is 22.6 Å². The summed E-state index contributed by atoms with van der Waals surface area (Å²) in [5, 5.41) is 17.3. The van der Waals surface area contributed by atoms with Crippen LogP contribution in [0.3, 0.4) is 0 Å². The van der Waals surface area contributed by atoms with Crippen LogP contribution in [0.2, 0.25) is 0 Å². The number of aromatic amines is 1. The number of esters is 4. The fourth-order valence-corrected chi connectivity index (χ4v) is 14.5. The number of amides is 1. The number of carbonyl (C=O) groups excluding carboxylic acids is 5. The van der Waals surface area contributed by atoms with Crippen LogP contribution in [0.25, 0.3) is 10.9 Å². The average Bonchev–Trinajstić information content (AvgIpc) is 3.99. The molecule has 6 aliphatic rings.